The van der Waals surface area contributed by atoms with Crippen molar-refractivity contribution in [1.29, 1.82) is 0 Å². The Morgan fingerprint density at radius 1 is 1.60 bits per heavy atom. The molecular formula is C7H17ClN2. The first-order valence-corrected chi connectivity index (χ1v) is 4.38. The summed E-state index contributed by atoms with van der Waals surface area (Å²) in [4.78, 5) is 0. The Labute approximate surface area is 68.1 Å². The van der Waals surface area contributed by atoms with Gasteiger partial charge < -0.3 is 11.1 Å². The van der Waals surface area contributed by atoms with Gasteiger partial charge in [0, 0.05) is 11.9 Å². The van der Waals surface area contributed by atoms with E-state index in [-0.39, 0.29) is 0 Å². The Hall–Kier alpha value is 0.210. The van der Waals surface area contributed by atoms with Gasteiger partial charge in [-0.05, 0) is 25.9 Å². The van der Waals surface area contributed by atoms with Crippen LogP contribution in [0.15, 0.2) is 0 Å². The van der Waals surface area contributed by atoms with Crippen LogP contribution in [0.3, 0.4) is 0 Å². The van der Waals surface area contributed by atoms with Crippen LogP contribution in [0.1, 0.15) is 19.8 Å². The first kappa shape index (κ1) is 10.2. The van der Waals surface area contributed by atoms with Crippen LogP contribution in [0.2, 0.25) is 0 Å². The van der Waals surface area contributed by atoms with Crippen LogP contribution in [0.4, 0.5) is 0 Å². The molecule has 0 fully saturated rings. The fourth-order valence-electron chi connectivity index (χ4n) is 0.716. The van der Waals surface area contributed by atoms with E-state index in [0.717, 1.165) is 25.9 Å². The van der Waals surface area contributed by atoms with Crippen molar-refractivity contribution in [2.75, 3.05) is 19.0 Å². The second-order valence-electron chi connectivity index (χ2n) is 2.36. The summed E-state index contributed by atoms with van der Waals surface area (Å²) in [6, 6.07) is 0.466. The maximum Gasteiger partial charge on any atom is 0.0377 e. The number of nitrogens with one attached hydrogen (secondary N) is 1. The Morgan fingerprint density at radius 3 is 2.70 bits per heavy atom. The molecule has 0 spiro atoms. The molecule has 0 aliphatic carbocycles. The molecule has 0 radical (unpaired) electrons. The van der Waals surface area contributed by atoms with Gasteiger partial charge >= 0.3 is 0 Å². The molecule has 0 rings (SSSR count). The summed E-state index contributed by atoms with van der Waals surface area (Å²) in [6.45, 7) is 3.87. The molecule has 0 aromatic heterocycles. The average molecular weight is 165 g/mol. The molecule has 0 bridgehead atoms. The van der Waals surface area contributed by atoms with E-state index in [1.807, 2.05) is 0 Å². The van der Waals surface area contributed by atoms with E-state index in [2.05, 4.69) is 12.2 Å². The first-order chi connectivity index (χ1) is 4.85. The zero-order chi connectivity index (χ0) is 7.82. The van der Waals surface area contributed by atoms with E-state index in [9.17, 15) is 0 Å². The quantitative estimate of drug-likeness (QED) is 0.453. The topological polar surface area (TPSA) is 38.0 Å². The molecule has 0 aliphatic heterocycles. The van der Waals surface area contributed by atoms with E-state index in [0.29, 0.717) is 11.9 Å². The van der Waals surface area contributed by atoms with E-state index < -0.39 is 0 Å². The molecule has 1 atom stereocenters. The predicted octanol–water partition coefficient (Wildman–Crippen LogP) is 0.942. The van der Waals surface area contributed by atoms with Crippen LogP contribution in [-0.2, 0) is 0 Å². The van der Waals surface area contributed by atoms with Gasteiger partial charge in [-0.25, -0.2) is 0 Å². The van der Waals surface area contributed by atoms with Crippen LogP contribution in [0, 0.1) is 0 Å². The van der Waals surface area contributed by atoms with Gasteiger partial charge in [-0.2, -0.15) is 0 Å². The SMILES string of the molecule is CCC(CCl)NCCCN. The Bertz CT molecular complexity index is 64.6. The fraction of sp³-hybridized carbons (Fsp3) is 1.00. The standard InChI is InChI=1S/C7H17ClN2/c1-2-7(6-8)10-5-3-4-9/h7,10H,2-6,9H2,1H3. The minimum Gasteiger partial charge on any atom is -0.330 e. The van der Waals surface area contributed by atoms with Crippen molar-refractivity contribution in [1.82, 2.24) is 5.32 Å². The lowest BCUT2D eigenvalue weighted by atomic mass is 10.2. The Kier molecular flexibility index (Phi) is 7.47. The number of rotatable bonds is 6. The van der Waals surface area contributed by atoms with Crippen molar-refractivity contribution in [3.05, 3.63) is 0 Å². The van der Waals surface area contributed by atoms with Crippen molar-refractivity contribution in [3.63, 3.8) is 0 Å². The summed E-state index contributed by atoms with van der Waals surface area (Å²) in [7, 11) is 0. The third kappa shape index (κ3) is 5.03. The smallest absolute Gasteiger partial charge is 0.0377 e. The maximum absolute atomic E-state index is 5.65. The normalized spacial score (nSPS) is 13.5. The first-order valence-electron chi connectivity index (χ1n) is 3.84. The summed E-state index contributed by atoms with van der Waals surface area (Å²) >= 11 is 5.65. The number of alkyl halides is 1. The van der Waals surface area contributed by atoms with Gasteiger partial charge in [0.1, 0.15) is 0 Å². The zero-order valence-corrected chi connectivity index (χ0v) is 7.32. The molecule has 0 saturated heterocycles. The van der Waals surface area contributed by atoms with Gasteiger partial charge in [-0.1, -0.05) is 6.92 Å². The molecule has 0 aliphatic rings. The fourth-order valence-corrected chi connectivity index (χ4v) is 1.04. The largest absolute Gasteiger partial charge is 0.330 e. The zero-order valence-electron chi connectivity index (χ0n) is 6.57. The van der Waals surface area contributed by atoms with Crippen LogP contribution in [0.5, 0.6) is 0 Å². The average Bonchev–Trinajstić information content (AvgIpc) is 1.99. The van der Waals surface area contributed by atoms with Gasteiger partial charge in [-0.15, -0.1) is 11.6 Å². The van der Waals surface area contributed by atoms with E-state index in [4.69, 9.17) is 17.3 Å². The number of hydrogen-bond donors (Lipinski definition) is 2. The van der Waals surface area contributed by atoms with Gasteiger partial charge in [-0.3, -0.25) is 0 Å². The third-order valence-electron chi connectivity index (χ3n) is 1.49. The summed E-state index contributed by atoms with van der Waals surface area (Å²) in [5.74, 6) is 0.696. The highest BCUT2D eigenvalue weighted by Crippen LogP contribution is 1.92. The lowest BCUT2D eigenvalue weighted by Gasteiger charge is -2.12. The van der Waals surface area contributed by atoms with Crippen molar-refractivity contribution in [3.8, 4) is 0 Å². The molecule has 0 heterocycles. The molecule has 62 valence electrons. The highest BCUT2D eigenvalue weighted by atomic mass is 35.5. The summed E-state index contributed by atoms with van der Waals surface area (Å²) in [6.07, 6.45) is 2.13. The van der Waals surface area contributed by atoms with E-state index in [1.54, 1.807) is 0 Å². The minimum absolute atomic E-state index is 0.466. The van der Waals surface area contributed by atoms with Crippen molar-refractivity contribution < 1.29 is 0 Å². The highest BCUT2D eigenvalue weighted by molar-refractivity contribution is 6.18. The lowest BCUT2D eigenvalue weighted by Crippen LogP contribution is -2.31. The van der Waals surface area contributed by atoms with Gasteiger partial charge in [0.2, 0.25) is 0 Å². The Balaban J connectivity index is 3.09. The maximum atomic E-state index is 5.65. The van der Waals surface area contributed by atoms with Crippen LogP contribution in [-0.4, -0.2) is 25.0 Å². The van der Waals surface area contributed by atoms with Gasteiger partial charge in [0.25, 0.3) is 0 Å². The number of nitrogens with two attached hydrogens (primary N) is 1. The molecule has 2 nitrogen and oxygen atoms in total. The van der Waals surface area contributed by atoms with Gasteiger partial charge in [0.15, 0.2) is 0 Å². The monoisotopic (exact) mass is 164 g/mol. The molecule has 10 heavy (non-hydrogen) atoms. The summed E-state index contributed by atoms with van der Waals surface area (Å²) < 4.78 is 0. The van der Waals surface area contributed by atoms with E-state index in [1.165, 1.54) is 0 Å². The molecule has 3 heteroatoms. The molecule has 0 aromatic carbocycles. The molecular weight excluding hydrogens is 148 g/mol. The third-order valence-corrected chi connectivity index (χ3v) is 1.87. The van der Waals surface area contributed by atoms with Crippen LogP contribution < -0.4 is 11.1 Å². The second-order valence-corrected chi connectivity index (χ2v) is 2.66. The molecule has 1 unspecified atom stereocenters. The highest BCUT2D eigenvalue weighted by Gasteiger charge is 2.00. The van der Waals surface area contributed by atoms with Crippen molar-refractivity contribution >= 4 is 11.6 Å². The van der Waals surface area contributed by atoms with Crippen LogP contribution >= 0.6 is 11.6 Å². The molecule has 0 saturated carbocycles. The number of hydrogen-bond acceptors (Lipinski definition) is 2. The van der Waals surface area contributed by atoms with E-state index >= 15 is 0 Å². The molecule has 0 amide bonds. The van der Waals surface area contributed by atoms with Gasteiger partial charge in [0.05, 0.1) is 0 Å². The lowest BCUT2D eigenvalue weighted by molar-refractivity contribution is 0.531. The summed E-state index contributed by atoms with van der Waals surface area (Å²) in [5, 5.41) is 3.31. The molecule has 3 N–H and O–H groups in total. The second kappa shape index (κ2) is 7.32. The summed E-state index contributed by atoms with van der Waals surface area (Å²) in [5.41, 5.74) is 5.32. The van der Waals surface area contributed by atoms with Crippen molar-refractivity contribution in [2.24, 2.45) is 5.73 Å². The Morgan fingerprint density at radius 2 is 2.30 bits per heavy atom. The number of halogens is 1. The molecule has 0 aromatic rings. The van der Waals surface area contributed by atoms with Crippen LogP contribution in [0.25, 0.3) is 0 Å². The van der Waals surface area contributed by atoms with Crippen molar-refractivity contribution in [2.45, 2.75) is 25.8 Å². The minimum atomic E-state index is 0.466. The predicted molar refractivity (Wildman–Crippen MR) is 46.5 cm³/mol.